The second-order valence-corrected chi connectivity index (χ2v) is 3.77. The summed E-state index contributed by atoms with van der Waals surface area (Å²) in [6.07, 6.45) is 2.19. The second-order valence-electron chi connectivity index (χ2n) is 3.77. The van der Waals surface area contributed by atoms with Crippen LogP contribution in [0.15, 0.2) is 54.6 Å². The Labute approximate surface area is 110 Å². The van der Waals surface area contributed by atoms with E-state index in [1.807, 2.05) is 56.3 Å². The predicted molar refractivity (Wildman–Crippen MR) is 78.3 cm³/mol. The SMILES string of the molecule is CC.CCCc1ccccc1Oc1ccccc1. The highest BCUT2D eigenvalue weighted by Gasteiger charge is 2.02. The van der Waals surface area contributed by atoms with Crippen LogP contribution in [0.1, 0.15) is 32.8 Å². The van der Waals surface area contributed by atoms with Crippen molar-refractivity contribution in [1.29, 1.82) is 0 Å². The molecule has 0 atom stereocenters. The van der Waals surface area contributed by atoms with Crippen molar-refractivity contribution in [2.75, 3.05) is 0 Å². The summed E-state index contributed by atoms with van der Waals surface area (Å²) in [6, 6.07) is 18.1. The third-order valence-corrected chi connectivity index (χ3v) is 2.46. The van der Waals surface area contributed by atoms with Crippen LogP contribution in [0.3, 0.4) is 0 Å². The fourth-order valence-electron chi connectivity index (χ4n) is 1.69. The molecule has 96 valence electrons. The van der Waals surface area contributed by atoms with Gasteiger partial charge in [-0.2, -0.15) is 0 Å². The smallest absolute Gasteiger partial charge is 0.130 e. The van der Waals surface area contributed by atoms with Gasteiger partial charge >= 0.3 is 0 Å². The maximum atomic E-state index is 5.86. The molecule has 0 unspecified atom stereocenters. The summed E-state index contributed by atoms with van der Waals surface area (Å²) in [6.45, 7) is 6.18. The fraction of sp³-hybridized carbons (Fsp3) is 0.294. The first-order valence-corrected chi connectivity index (χ1v) is 6.71. The number of hydrogen-bond acceptors (Lipinski definition) is 1. The molecule has 1 heteroatoms. The minimum atomic E-state index is 0.894. The van der Waals surface area contributed by atoms with Gasteiger partial charge in [-0.05, 0) is 30.2 Å². The molecule has 0 amide bonds. The van der Waals surface area contributed by atoms with Crippen LogP contribution in [0.2, 0.25) is 0 Å². The molecule has 0 spiro atoms. The van der Waals surface area contributed by atoms with Crippen molar-refractivity contribution < 1.29 is 4.74 Å². The predicted octanol–water partition coefficient (Wildman–Crippen LogP) is 5.46. The van der Waals surface area contributed by atoms with Crippen LogP contribution in [0, 0.1) is 0 Å². The fourth-order valence-corrected chi connectivity index (χ4v) is 1.69. The first-order chi connectivity index (χ1) is 8.90. The number of aryl methyl sites for hydroxylation is 1. The van der Waals surface area contributed by atoms with Crippen LogP contribution in [0.4, 0.5) is 0 Å². The molecule has 0 aliphatic heterocycles. The average molecular weight is 242 g/mol. The van der Waals surface area contributed by atoms with E-state index in [2.05, 4.69) is 19.1 Å². The van der Waals surface area contributed by atoms with Gasteiger partial charge in [0, 0.05) is 0 Å². The lowest BCUT2D eigenvalue weighted by Gasteiger charge is -2.10. The van der Waals surface area contributed by atoms with Crippen LogP contribution in [0.25, 0.3) is 0 Å². The van der Waals surface area contributed by atoms with Gasteiger partial charge in [0.15, 0.2) is 0 Å². The number of benzene rings is 2. The molecule has 0 heterocycles. The van der Waals surface area contributed by atoms with E-state index in [0.717, 1.165) is 24.3 Å². The van der Waals surface area contributed by atoms with Gasteiger partial charge in [0.05, 0.1) is 0 Å². The van der Waals surface area contributed by atoms with Gasteiger partial charge in [-0.15, -0.1) is 0 Å². The lowest BCUT2D eigenvalue weighted by Crippen LogP contribution is -1.90. The Balaban J connectivity index is 0.000000771. The number of ether oxygens (including phenoxy) is 1. The van der Waals surface area contributed by atoms with Crippen LogP contribution >= 0.6 is 0 Å². The van der Waals surface area contributed by atoms with E-state index in [0.29, 0.717) is 0 Å². The van der Waals surface area contributed by atoms with Gasteiger partial charge in [0.25, 0.3) is 0 Å². The van der Waals surface area contributed by atoms with Crippen molar-refractivity contribution >= 4 is 0 Å². The molecule has 1 nitrogen and oxygen atoms in total. The van der Waals surface area contributed by atoms with Crippen molar-refractivity contribution in [3.8, 4) is 11.5 Å². The Morgan fingerprint density at radius 2 is 1.44 bits per heavy atom. The van der Waals surface area contributed by atoms with Gasteiger partial charge in [-0.25, -0.2) is 0 Å². The zero-order valence-corrected chi connectivity index (χ0v) is 11.5. The molecule has 2 aromatic rings. The first kappa shape index (κ1) is 14.3. The summed E-state index contributed by atoms with van der Waals surface area (Å²) >= 11 is 0. The zero-order chi connectivity index (χ0) is 13.2. The zero-order valence-electron chi connectivity index (χ0n) is 11.5. The third kappa shape index (κ3) is 4.25. The highest BCUT2D eigenvalue weighted by molar-refractivity contribution is 5.37. The van der Waals surface area contributed by atoms with E-state index >= 15 is 0 Å². The number of hydrogen-bond donors (Lipinski definition) is 0. The highest BCUT2D eigenvalue weighted by atomic mass is 16.5. The van der Waals surface area contributed by atoms with E-state index < -0.39 is 0 Å². The summed E-state index contributed by atoms with van der Waals surface area (Å²) in [5, 5.41) is 0. The maximum Gasteiger partial charge on any atom is 0.130 e. The molecular formula is C17H22O. The summed E-state index contributed by atoms with van der Waals surface area (Å²) in [4.78, 5) is 0. The molecule has 0 fully saturated rings. The molecule has 0 radical (unpaired) electrons. The van der Waals surface area contributed by atoms with E-state index in [1.165, 1.54) is 5.56 Å². The Morgan fingerprint density at radius 3 is 2.11 bits per heavy atom. The number of para-hydroxylation sites is 2. The van der Waals surface area contributed by atoms with Crippen molar-refractivity contribution in [2.24, 2.45) is 0 Å². The van der Waals surface area contributed by atoms with Crippen molar-refractivity contribution in [2.45, 2.75) is 33.6 Å². The second kappa shape index (κ2) is 8.35. The van der Waals surface area contributed by atoms with Crippen LogP contribution in [-0.4, -0.2) is 0 Å². The van der Waals surface area contributed by atoms with E-state index in [-0.39, 0.29) is 0 Å². The van der Waals surface area contributed by atoms with Gasteiger partial charge in [-0.1, -0.05) is 63.6 Å². The van der Waals surface area contributed by atoms with Crippen molar-refractivity contribution in [3.63, 3.8) is 0 Å². The standard InChI is InChI=1S/C15H16O.C2H6/c1-2-8-13-9-6-7-12-15(13)16-14-10-4-3-5-11-14;1-2/h3-7,9-12H,2,8H2,1H3;1-2H3. The normalized spacial score (nSPS) is 9.28. The Morgan fingerprint density at radius 1 is 0.833 bits per heavy atom. The molecule has 2 aromatic carbocycles. The Bertz CT molecular complexity index is 434. The molecule has 2 rings (SSSR count). The van der Waals surface area contributed by atoms with E-state index in [4.69, 9.17) is 4.74 Å². The topological polar surface area (TPSA) is 9.23 Å². The highest BCUT2D eigenvalue weighted by Crippen LogP contribution is 2.25. The van der Waals surface area contributed by atoms with Crippen LogP contribution in [-0.2, 0) is 6.42 Å². The lowest BCUT2D eigenvalue weighted by atomic mass is 10.1. The van der Waals surface area contributed by atoms with Gasteiger partial charge in [-0.3, -0.25) is 0 Å². The van der Waals surface area contributed by atoms with Crippen molar-refractivity contribution in [1.82, 2.24) is 0 Å². The van der Waals surface area contributed by atoms with E-state index in [9.17, 15) is 0 Å². The van der Waals surface area contributed by atoms with Crippen LogP contribution < -0.4 is 4.74 Å². The summed E-state index contributed by atoms with van der Waals surface area (Å²) in [7, 11) is 0. The monoisotopic (exact) mass is 242 g/mol. The maximum absolute atomic E-state index is 5.86. The molecule has 0 bridgehead atoms. The van der Waals surface area contributed by atoms with Gasteiger partial charge in [0.1, 0.15) is 11.5 Å². The minimum Gasteiger partial charge on any atom is -0.457 e. The third-order valence-electron chi connectivity index (χ3n) is 2.46. The molecule has 0 aromatic heterocycles. The van der Waals surface area contributed by atoms with Crippen LogP contribution in [0.5, 0.6) is 11.5 Å². The van der Waals surface area contributed by atoms with E-state index in [1.54, 1.807) is 0 Å². The quantitative estimate of drug-likeness (QED) is 0.692. The lowest BCUT2D eigenvalue weighted by molar-refractivity contribution is 0.475. The Hall–Kier alpha value is -1.76. The molecule has 0 aliphatic carbocycles. The molecule has 0 saturated carbocycles. The first-order valence-electron chi connectivity index (χ1n) is 6.71. The minimum absolute atomic E-state index is 0.894. The number of rotatable bonds is 4. The molecule has 18 heavy (non-hydrogen) atoms. The summed E-state index contributed by atoms with van der Waals surface area (Å²) in [5.41, 5.74) is 1.27. The van der Waals surface area contributed by atoms with Gasteiger partial charge in [0.2, 0.25) is 0 Å². The van der Waals surface area contributed by atoms with Crippen molar-refractivity contribution in [3.05, 3.63) is 60.2 Å². The molecular weight excluding hydrogens is 220 g/mol. The van der Waals surface area contributed by atoms with Gasteiger partial charge < -0.3 is 4.74 Å². The average Bonchev–Trinajstić information content (AvgIpc) is 2.45. The summed E-state index contributed by atoms with van der Waals surface area (Å²) < 4.78 is 5.86. The summed E-state index contributed by atoms with van der Waals surface area (Å²) in [5.74, 6) is 1.86. The largest absolute Gasteiger partial charge is 0.457 e. The molecule has 0 aliphatic rings. The Kier molecular flexibility index (Phi) is 6.63. The molecule has 0 N–H and O–H groups in total. The molecule has 0 saturated heterocycles.